The molecular weight excluding hydrogens is 364 g/mol. The molecule has 0 aromatic rings. The molecule has 172 valence electrons. The molecule has 0 aliphatic heterocycles. The van der Waals surface area contributed by atoms with Crippen LogP contribution in [0.4, 0.5) is 0 Å². The van der Waals surface area contributed by atoms with Gasteiger partial charge in [-0.15, -0.1) is 0 Å². The van der Waals surface area contributed by atoms with Gasteiger partial charge in [-0.1, -0.05) is 66.5 Å². The van der Waals surface area contributed by atoms with Crippen LogP contribution in [0.1, 0.15) is 106 Å². The number of fused-ring (bicyclic) bond motifs is 5. The molecule has 0 spiro atoms. The summed E-state index contributed by atoms with van der Waals surface area (Å²) in [5.74, 6) is 6.73. The quantitative estimate of drug-likeness (QED) is 0.438. The van der Waals surface area contributed by atoms with Gasteiger partial charge in [-0.25, -0.2) is 0 Å². The van der Waals surface area contributed by atoms with Crippen molar-refractivity contribution in [3.05, 3.63) is 12.2 Å². The van der Waals surface area contributed by atoms with E-state index in [1.165, 1.54) is 51.4 Å². The van der Waals surface area contributed by atoms with E-state index in [0.29, 0.717) is 16.7 Å². The minimum absolute atomic E-state index is 0.0624. The highest BCUT2D eigenvalue weighted by Gasteiger charge is 2.59. The fraction of sp³-hybridized carbons (Fsp3) is 0.931. The highest BCUT2D eigenvalue weighted by Crippen LogP contribution is 2.67. The average Bonchev–Trinajstić information content (AvgIpc) is 3.06. The molecule has 3 fully saturated rings. The van der Waals surface area contributed by atoms with Crippen LogP contribution >= 0.6 is 0 Å². The minimum atomic E-state index is -0.0624. The Bertz CT molecular complexity index is 622. The third-order valence-corrected chi connectivity index (χ3v) is 11.4. The predicted molar refractivity (Wildman–Crippen MR) is 128 cm³/mol. The fourth-order valence-electron chi connectivity index (χ4n) is 9.26. The van der Waals surface area contributed by atoms with Gasteiger partial charge in [0.1, 0.15) is 0 Å². The van der Waals surface area contributed by atoms with Crippen molar-refractivity contribution in [3.63, 3.8) is 0 Å². The number of allylic oxidation sites excluding steroid dienone is 2. The zero-order valence-electron chi connectivity index (χ0n) is 20.9. The molecule has 4 aliphatic carbocycles. The van der Waals surface area contributed by atoms with Crippen molar-refractivity contribution in [1.82, 2.24) is 0 Å². The van der Waals surface area contributed by atoms with E-state index in [1.807, 2.05) is 0 Å². The Morgan fingerprint density at radius 1 is 0.900 bits per heavy atom. The van der Waals surface area contributed by atoms with Gasteiger partial charge in [0.05, 0.1) is 6.10 Å². The normalized spacial score (nSPS) is 47.5. The molecule has 0 unspecified atom stereocenters. The van der Waals surface area contributed by atoms with Crippen LogP contribution in [-0.4, -0.2) is 11.2 Å². The first-order valence-corrected chi connectivity index (χ1v) is 13.6. The van der Waals surface area contributed by atoms with Crippen molar-refractivity contribution >= 4 is 0 Å². The van der Waals surface area contributed by atoms with Crippen LogP contribution in [0.5, 0.6) is 0 Å². The molecule has 0 aromatic heterocycles. The summed E-state index contributed by atoms with van der Waals surface area (Å²) in [5.41, 5.74) is 0.997. The Hall–Kier alpha value is -0.300. The summed E-state index contributed by atoms with van der Waals surface area (Å²) in [4.78, 5) is 0. The summed E-state index contributed by atoms with van der Waals surface area (Å²) in [7, 11) is 0. The van der Waals surface area contributed by atoms with Crippen LogP contribution in [0.15, 0.2) is 12.2 Å². The van der Waals surface area contributed by atoms with E-state index in [0.717, 1.165) is 54.3 Å². The standard InChI is InChI=1S/C29H50O/c1-7-21(19(2)3)9-8-20(4)25-12-13-26-24-11-10-22-18-23(30)14-16-28(22,5)27(24)15-17-29(25,26)6/h10-11,19-27,30H,7-9,12-18H2,1-6H3/t20-,21-,22-,23+,24-,25-,26-,27-,28-,29+/m0/s1. The first-order chi connectivity index (χ1) is 14.2. The molecule has 1 heteroatoms. The lowest BCUT2D eigenvalue weighted by atomic mass is 9.46. The number of rotatable bonds is 6. The topological polar surface area (TPSA) is 20.2 Å². The number of hydrogen-bond donors (Lipinski definition) is 1. The summed E-state index contributed by atoms with van der Waals surface area (Å²) < 4.78 is 0. The van der Waals surface area contributed by atoms with E-state index in [9.17, 15) is 5.11 Å². The molecule has 0 bridgehead atoms. The molecule has 0 saturated heterocycles. The van der Waals surface area contributed by atoms with Gasteiger partial charge in [0, 0.05) is 0 Å². The van der Waals surface area contributed by atoms with E-state index in [1.54, 1.807) is 0 Å². The van der Waals surface area contributed by atoms with Crippen molar-refractivity contribution in [2.24, 2.45) is 58.2 Å². The monoisotopic (exact) mass is 414 g/mol. The SMILES string of the molecule is CC[C@@H](CC[C@H](C)[C@@H]1CC[C@H]2[C@@H]3C=C[C@H]4C[C@H](O)CC[C@]4(C)[C@H]3CC[C@@]21C)C(C)C. The van der Waals surface area contributed by atoms with Gasteiger partial charge in [0.25, 0.3) is 0 Å². The molecule has 0 amide bonds. The van der Waals surface area contributed by atoms with Crippen LogP contribution in [0.3, 0.4) is 0 Å². The second-order valence-corrected chi connectivity index (χ2v) is 12.9. The van der Waals surface area contributed by atoms with E-state index in [4.69, 9.17) is 0 Å². The highest BCUT2D eigenvalue weighted by molar-refractivity contribution is 5.18. The second kappa shape index (κ2) is 8.57. The largest absolute Gasteiger partial charge is 0.393 e. The maximum atomic E-state index is 10.3. The first kappa shape index (κ1) is 22.9. The molecule has 1 nitrogen and oxygen atoms in total. The first-order valence-electron chi connectivity index (χ1n) is 13.6. The molecule has 4 rings (SSSR count). The molecule has 0 heterocycles. The molecule has 1 N–H and O–H groups in total. The Morgan fingerprint density at radius 2 is 1.60 bits per heavy atom. The van der Waals surface area contributed by atoms with Crippen molar-refractivity contribution in [3.8, 4) is 0 Å². The molecule has 10 atom stereocenters. The summed E-state index contributed by atoms with van der Waals surface area (Å²) in [6.45, 7) is 15.1. The number of hydrogen-bond acceptors (Lipinski definition) is 1. The van der Waals surface area contributed by atoms with Gasteiger partial charge in [-0.05, 0) is 110 Å². The Labute approximate surface area is 187 Å². The molecular formula is C29H50O. The zero-order valence-corrected chi connectivity index (χ0v) is 20.9. The maximum Gasteiger partial charge on any atom is 0.0546 e. The van der Waals surface area contributed by atoms with Crippen molar-refractivity contribution in [2.45, 2.75) is 112 Å². The highest BCUT2D eigenvalue weighted by atomic mass is 16.3. The van der Waals surface area contributed by atoms with E-state index < -0.39 is 0 Å². The van der Waals surface area contributed by atoms with Crippen molar-refractivity contribution in [1.29, 1.82) is 0 Å². The Balaban J connectivity index is 1.48. The van der Waals surface area contributed by atoms with E-state index in [-0.39, 0.29) is 6.10 Å². The minimum Gasteiger partial charge on any atom is -0.393 e. The van der Waals surface area contributed by atoms with Gasteiger partial charge in [0.2, 0.25) is 0 Å². The Morgan fingerprint density at radius 3 is 2.30 bits per heavy atom. The van der Waals surface area contributed by atoms with Crippen molar-refractivity contribution < 1.29 is 5.11 Å². The molecule has 0 radical (unpaired) electrons. The van der Waals surface area contributed by atoms with Gasteiger partial charge >= 0.3 is 0 Å². The second-order valence-electron chi connectivity index (χ2n) is 12.9. The lowest BCUT2D eigenvalue weighted by Gasteiger charge is -2.59. The number of aliphatic hydroxyl groups is 1. The Kier molecular flexibility index (Phi) is 6.53. The lowest BCUT2D eigenvalue weighted by Crippen LogP contribution is -2.52. The summed E-state index contributed by atoms with van der Waals surface area (Å²) in [6.07, 6.45) is 18.4. The van der Waals surface area contributed by atoms with Gasteiger partial charge < -0.3 is 5.11 Å². The van der Waals surface area contributed by atoms with Crippen LogP contribution in [0.25, 0.3) is 0 Å². The fourth-order valence-corrected chi connectivity index (χ4v) is 9.26. The molecule has 30 heavy (non-hydrogen) atoms. The third-order valence-electron chi connectivity index (χ3n) is 11.4. The van der Waals surface area contributed by atoms with Crippen LogP contribution in [0.2, 0.25) is 0 Å². The van der Waals surface area contributed by atoms with E-state index >= 15 is 0 Å². The molecule has 4 aliphatic rings. The van der Waals surface area contributed by atoms with Gasteiger partial charge in [-0.2, -0.15) is 0 Å². The molecule has 0 aromatic carbocycles. The number of aliphatic hydroxyl groups excluding tert-OH is 1. The van der Waals surface area contributed by atoms with Crippen LogP contribution in [0, 0.1) is 58.2 Å². The van der Waals surface area contributed by atoms with Gasteiger partial charge in [0.15, 0.2) is 0 Å². The summed E-state index contributed by atoms with van der Waals surface area (Å²) >= 11 is 0. The maximum absolute atomic E-state index is 10.3. The lowest BCUT2D eigenvalue weighted by molar-refractivity contribution is -0.0814. The van der Waals surface area contributed by atoms with Crippen LogP contribution < -0.4 is 0 Å². The van der Waals surface area contributed by atoms with E-state index in [2.05, 4.69) is 53.7 Å². The third kappa shape index (κ3) is 3.74. The predicted octanol–water partition coefficient (Wildman–Crippen LogP) is 7.88. The van der Waals surface area contributed by atoms with Gasteiger partial charge in [-0.3, -0.25) is 0 Å². The summed E-state index contributed by atoms with van der Waals surface area (Å²) in [5, 5.41) is 10.3. The van der Waals surface area contributed by atoms with Crippen molar-refractivity contribution in [2.75, 3.05) is 0 Å². The molecule has 3 saturated carbocycles. The zero-order chi connectivity index (χ0) is 21.7. The van der Waals surface area contributed by atoms with Crippen LogP contribution in [-0.2, 0) is 0 Å². The average molecular weight is 415 g/mol. The smallest absolute Gasteiger partial charge is 0.0546 e. The summed E-state index contributed by atoms with van der Waals surface area (Å²) in [6, 6.07) is 0.